The minimum atomic E-state index is 0.241. The molecule has 0 spiro atoms. The number of thiocarbonyl (C=S) groups is 1. The normalized spacial score (nSPS) is 13.6. The third-order valence-electron chi connectivity index (χ3n) is 6.39. The smallest absolute Gasteiger partial charge is 0.222 e. The summed E-state index contributed by atoms with van der Waals surface area (Å²) >= 11 is 5.63. The lowest BCUT2D eigenvalue weighted by atomic mass is 10.1. The van der Waals surface area contributed by atoms with Crippen molar-refractivity contribution in [2.45, 2.75) is 32.6 Å². The maximum atomic E-state index is 6.07. The van der Waals surface area contributed by atoms with E-state index < -0.39 is 0 Å². The summed E-state index contributed by atoms with van der Waals surface area (Å²) in [5, 5.41) is 4.24. The molecule has 1 fully saturated rings. The Morgan fingerprint density at radius 2 is 1.75 bits per heavy atom. The minimum Gasteiger partial charge on any atom is -0.493 e. The summed E-state index contributed by atoms with van der Waals surface area (Å²) in [7, 11) is 3.24. The molecule has 0 saturated carbocycles. The second-order valence-corrected chi connectivity index (χ2v) is 9.19. The SMILES string of the molecule is CCCCCCNC(=S)N1CCN(c2nc(N)nc3ccc(-c4ccc(OC)c(OC)c4)nc23)CC1. The van der Waals surface area contributed by atoms with E-state index in [1.807, 2.05) is 30.3 Å². The minimum absolute atomic E-state index is 0.241. The number of nitrogen functional groups attached to an aromatic ring is 1. The number of benzene rings is 1. The number of rotatable bonds is 9. The Balaban J connectivity index is 1.51. The number of hydrogen-bond acceptors (Lipinski definition) is 8. The van der Waals surface area contributed by atoms with E-state index in [-0.39, 0.29) is 5.95 Å². The van der Waals surface area contributed by atoms with E-state index in [1.165, 1.54) is 19.3 Å². The molecule has 4 rings (SSSR count). The molecule has 0 amide bonds. The van der Waals surface area contributed by atoms with Crippen LogP contribution in [0.1, 0.15) is 32.6 Å². The van der Waals surface area contributed by atoms with E-state index in [1.54, 1.807) is 14.2 Å². The molecule has 1 saturated heterocycles. The molecule has 3 N–H and O–H groups in total. The van der Waals surface area contributed by atoms with Crippen LogP contribution < -0.4 is 25.4 Å². The topological polar surface area (TPSA) is 102 Å². The summed E-state index contributed by atoms with van der Waals surface area (Å²) in [6.07, 6.45) is 4.89. The number of nitrogens with one attached hydrogen (secondary N) is 1. The monoisotopic (exact) mass is 509 g/mol. The zero-order valence-electron chi connectivity index (χ0n) is 21.3. The molecule has 3 heterocycles. The molecule has 2 aromatic heterocycles. The molecule has 0 atom stereocenters. The van der Waals surface area contributed by atoms with Crippen LogP contribution in [0, 0.1) is 0 Å². The van der Waals surface area contributed by atoms with Gasteiger partial charge in [0, 0.05) is 38.3 Å². The van der Waals surface area contributed by atoms with Crippen LogP contribution in [0.5, 0.6) is 11.5 Å². The quantitative estimate of drug-likeness (QED) is 0.326. The number of anilines is 2. The summed E-state index contributed by atoms with van der Waals surface area (Å²) in [6, 6.07) is 9.62. The molecule has 1 aliphatic heterocycles. The van der Waals surface area contributed by atoms with Crippen molar-refractivity contribution in [1.29, 1.82) is 0 Å². The van der Waals surface area contributed by atoms with Gasteiger partial charge in [0.05, 0.1) is 25.4 Å². The number of piperazine rings is 1. The molecule has 0 aliphatic carbocycles. The number of ether oxygens (including phenoxy) is 2. The van der Waals surface area contributed by atoms with Gasteiger partial charge in [0.1, 0.15) is 5.52 Å². The van der Waals surface area contributed by atoms with E-state index in [0.717, 1.165) is 66.8 Å². The standard InChI is InChI=1S/C26H35N7O2S/c1-4-5-6-7-12-28-26(36)33-15-13-32(14-16-33)24-23-20(30-25(27)31-24)10-9-19(29-23)18-8-11-21(34-2)22(17-18)35-3/h8-11,17H,4-7,12-16H2,1-3H3,(H,28,36)(H2,27,30,31). The van der Waals surface area contributed by atoms with Crippen LogP contribution in [0.25, 0.3) is 22.3 Å². The van der Waals surface area contributed by atoms with Crippen LogP contribution in [0.4, 0.5) is 11.8 Å². The Labute approximate surface area is 218 Å². The molecular weight excluding hydrogens is 474 g/mol. The van der Waals surface area contributed by atoms with Gasteiger partial charge in [-0.1, -0.05) is 26.2 Å². The third-order valence-corrected chi connectivity index (χ3v) is 6.80. The molecule has 3 aromatic rings. The van der Waals surface area contributed by atoms with Crippen molar-refractivity contribution >= 4 is 40.1 Å². The maximum Gasteiger partial charge on any atom is 0.222 e. The average Bonchev–Trinajstić information content (AvgIpc) is 2.91. The third kappa shape index (κ3) is 5.87. The van der Waals surface area contributed by atoms with Crippen molar-refractivity contribution in [2.75, 3.05) is 57.6 Å². The molecule has 0 radical (unpaired) electrons. The molecule has 36 heavy (non-hydrogen) atoms. The highest BCUT2D eigenvalue weighted by Gasteiger charge is 2.23. The first-order valence-corrected chi connectivity index (χ1v) is 12.9. The maximum absolute atomic E-state index is 6.07. The fraction of sp³-hybridized carbons (Fsp3) is 0.462. The lowest BCUT2D eigenvalue weighted by molar-refractivity contribution is 0.355. The van der Waals surface area contributed by atoms with Gasteiger partial charge < -0.3 is 30.3 Å². The lowest BCUT2D eigenvalue weighted by Gasteiger charge is -2.37. The number of fused-ring (bicyclic) bond motifs is 1. The van der Waals surface area contributed by atoms with Crippen molar-refractivity contribution in [3.05, 3.63) is 30.3 Å². The van der Waals surface area contributed by atoms with Gasteiger partial charge in [-0.05, 0) is 49.0 Å². The first-order valence-electron chi connectivity index (χ1n) is 12.5. The van der Waals surface area contributed by atoms with Gasteiger partial charge in [-0.2, -0.15) is 4.98 Å². The second-order valence-electron chi connectivity index (χ2n) is 8.81. The highest BCUT2D eigenvalue weighted by atomic mass is 32.1. The van der Waals surface area contributed by atoms with Gasteiger partial charge >= 0.3 is 0 Å². The van der Waals surface area contributed by atoms with Crippen LogP contribution in [-0.4, -0.2) is 71.9 Å². The van der Waals surface area contributed by atoms with E-state index >= 15 is 0 Å². The van der Waals surface area contributed by atoms with Crippen molar-refractivity contribution in [2.24, 2.45) is 0 Å². The number of methoxy groups -OCH3 is 2. The number of nitrogens with zero attached hydrogens (tertiary/aromatic N) is 5. The van der Waals surface area contributed by atoms with Crippen LogP contribution in [0.3, 0.4) is 0 Å². The summed E-state index contributed by atoms with van der Waals surface area (Å²) in [5.41, 5.74) is 9.22. The molecule has 1 aromatic carbocycles. The Morgan fingerprint density at radius 3 is 2.47 bits per heavy atom. The second kappa shape index (κ2) is 12.0. The predicted octanol–water partition coefficient (Wildman–Crippen LogP) is 3.87. The van der Waals surface area contributed by atoms with Gasteiger partial charge in [0.2, 0.25) is 5.95 Å². The van der Waals surface area contributed by atoms with E-state index in [2.05, 4.69) is 32.0 Å². The van der Waals surface area contributed by atoms with Gasteiger partial charge in [-0.25, -0.2) is 9.97 Å². The highest BCUT2D eigenvalue weighted by Crippen LogP contribution is 2.33. The molecular formula is C26H35N7O2S. The molecule has 0 unspecified atom stereocenters. The number of nitrogens with two attached hydrogens (primary N) is 1. The molecule has 10 heteroatoms. The largest absolute Gasteiger partial charge is 0.493 e. The fourth-order valence-electron chi connectivity index (χ4n) is 4.37. The van der Waals surface area contributed by atoms with E-state index in [0.29, 0.717) is 17.0 Å². The van der Waals surface area contributed by atoms with Crippen LogP contribution in [-0.2, 0) is 0 Å². The van der Waals surface area contributed by atoms with Crippen LogP contribution >= 0.6 is 12.2 Å². The molecule has 9 nitrogen and oxygen atoms in total. The Bertz CT molecular complexity index is 1200. The van der Waals surface area contributed by atoms with Gasteiger partial charge in [0.15, 0.2) is 22.4 Å². The molecule has 192 valence electrons. The van der Waals surface area contributed by atoms with Crippen molar-refractivity contribution in [3.63, 3.8) is 0 Å². The number of pyridine rings is 1. The summed E-state index contributed by atoms with van der Waals surface area (Å²) < 4.78 is 10.8. The zero-order valence-corrected chi connectivity index (χ0v) is 22.1. The lowest BCUT2D eigenvalue weighted by Crippen LogP contribution is -2.52. The summed E-state index contributed by atoms with van der Waals surface area (Å²) in [6.45, 7) is 6.30. The van der Waals surface area contributed by atoms with Crippen molar-refractivity contribution < 1.29 is 9.47 Å². The predicted molar refractivity (Wildman–Crippen MR) is 149 cm³/mol. The number of aromatic nitrogens is 3. The summed E-state index contributed by atoms with van der Waals surface area (Å²) in [5.74, 6) is 2.31. The van der Waals surface area contributed by atoms with Gasteiger partial charge in [-0.15, -0.1) is 0 Å². The summed E-state index contributed by atoms with van der Waals surface area (Å²) in [4.78, 5) is 18.4. The van der Waals surface area contributed by atoms with Crippen LogP contribution in [0.2, 0.25) is 0 Å². The van der Waals surface area contributed by atoms with Crippen molar-refractivity contribution in [1.82, 2.24) is 25.2 Å². The Morgan fingerprint density at radius 1 is 0.972 bits per heavy atom. The Kier molecular flexibility index (Phi) is 8.58. The van der Waals surface area contributed by atoms with Gasteiger partial charge in [0.25, 0.3) is 0 Å². The molecule has 1 aliphatic rings. The van der Waals surface area contributed by atoms with E-state index in [9.17, 15) is 0 Å². The number of hydrogen-bond donors (Lipinski definition) is 2. The average molecular weight is 510 g/mol. The van der Waals surface area contributed by atoms with Crippen molar-refractivity contribution in [3.8, 4) is 22.8 Å². The first-order chi connectivity index (χ1) is 17.5. The first kappa shape index (κ1) is 25.7. The van der Waals surface area contributed by atoms with Gasteiger partial charge in [-0.3, -0.25) is 0 Å². The van der Waals surface area contributed by atoms with Crippen LogP contribution in [0.15, 0.2) is 30.3 Å². The fourth-order valence-corrected chi connectivity index (χ4v) is 4.66. The zero-order chi connectivity index (χ0) is 25.5. The van der Waals surface area contributed by atoms with E-state index in [4.69, 9.17) is 32.4 Å². The molecule has 0 bridgehead atoms. The Hall–Kier alpha value is -3.40. The number of unbranched alkanes of at least 4 members (excludes halogenated alkanes) is 3. The highest BCUT2D eigenvalue weighted by molar-refractivity contribution is 7.80.